The Balaban J connectivity index is 1.89. The monoisotopic (exact) mass is 289 g/mol. The van der Waals surface area contributed by atoms with Gasteiger partial charge in [-0.15, -0.1) is 0 Å². The van der Waals surface area contributed by atoms with Crippen molar-refractivity contribution in [2.24, 2.45) is 11.7 Å². The van der Waals surface area contributed by atoms with Gasteiger partial charge in [0.25, 0.3) is 0 Å². The molecule has 4 heteroatoms. The first kappa shape index (κ1) is 16.0. The second-order valence-electron chi connectivity index (χ2n) is 5.79. The molecule has 1 saturated heterocycles. The summed E-state index contributed by atoms with van der Waals surface area (Å²) in [6, 6.07) is 10.1. The van der Waals surface area contributed by atoms with E-state index in [0.29, 0.717) is 6.54 Å². The number of nitrogens with two attached hydrogens (primary N) is 1. The molecule has 1 aromatic rings. The Labute approximate surface area is 127 Å². The van der Waals surface area contributed by atoms with Crippen molar-refractivity contribution in [3.8, 4) is 0 Å². The Morgan fingerprint density at radius 3 is 2.43 bits per heavy atom. The topological polar surface area (TPSA) is 49.6 Å². The molecule has 4 nitrogen and oxygen atoms in total. The highest BCUT2D eigenvalue weighted by Crippen LogP contribution is 2.13. The lowest BCUT2D eigenvalue weighted by atomic mass is 9.97. The van der Waals surface area contributed by atoms with Crippen LogP contribution in [0.2, 0.25) is 0 Å². The van der Waals surface area contributed by atoms with Gasteiger partial charge in [0.1, 0.15) is 0 Å². The van der Waals surface area contributed by atoms with E-state index in [1.165, 1.54) is 12.0 Å². The highest BCUT2D eigenvalue weighted by molar-refractivity contribution is 5.79. The van der Waals surface area contributed by atoms with Crippen molar-refractivity contribution in [1.82, 2.24) is 9.80 Å². The molecule has 1 aromatic carbocycles. The van der Waals surface area contributed by atoms with Crippen LogP contribution in [0, 0.1) is 5.92 Å². The maximum Gasteiger partial charge on any atom is 0.227 e. The number of carbonyl (C=O) groups is 1. The molecule has 0 aliphatic carbocycles. The summed E-state index contributed by atoms with van der Waals surface area (Å²) >= 11 is 0. The zero-order valence-electron chi connectivity index (χ0n) is 13.0. The molecule has 0 radical (unpaired) electrons. The lowest BCUT2D eigenvalue weighted by molar-refractivity contribution is -0.137. The van der Waals surface area contributed by atoms with Gasteiger partial charge in [-0.3, -0.25) is 9.69 Å². The molecule has 1 unspecified atom stereocenters. The first-order chi connectivity index (χ1) is 10.2. The maximum absolute atomic E-state index is 12.6. The minimum absolute atomic E-state index is 0.0925. The summed E-state index contributed by atoms with van der Waals surface area (Å²) in [6.45, 7) is 7.40. The number of nitrogens with zero attached hydrogens (tertiary/aromatic N) is 2. The second-order valence-corrected chi connectivity index (χ2v) is 5.79. The van der Waals surface area contributed by atoms with Crippen LogP contribution in [-0.2, 0) is 11.2 Å². The zero-order valence-corrected chi connectivity index (χ0v) is 13.0. The van der Waals surface area contributed by atoms with Gasteiger partial charge in [-0.1, -0.05) is 37.3 Å². The van der Waals surface area contributed by atoms with Crippen LogP contribution in [0.25, 0.3) is 0 Å². The van der Waals surface area contributed by atoms with Crippen LogP contribution in [-0.4, -0.2) is 55.0 Å². The van der Waals surface area contributed by atoms with Gasteiger partial charge in [0.05, 0.1) is 5.92 Å². The molecule has 1 atom stereocenters. The molecule has 1 aliphatic rings. The van der Waals surface area contributed by atoms with Crippen molar-refractivity contribution >= 4 is 5.91 Å². The molecule has 116 valence electrons. The Hall–Kier alpha value is -1.39. The van der Waals surface area contributed by atoms with E-state index < -0.39 is 0 Å². The van der Waals surface area contributed by atoms with Crippen LogP contribution in [0.5, 0.6) is 0 Å². The van der Waals surface area contributed by atoms with Crippen molar-refractivity contribution in [2.45, 2.75) is 19.8 Å². The molecular weight excluding hydrogens is 262 g/mol. The van der Waals surface area contributed by atoms with Crippen LogP contribution >= 0.6 is 0 Å². The van der Waals surface area contributed by atoms with Crippen LogP contribution < -0.4 is 5.73 Å². The predicted octanol–water partition coefficient (Wildman–Crippen LogP) is 1.36. The quantitative estimate of drug-likeness (QED) is 0.860. The highest BCUT2D eigenvalue weighted by Gasteiger charge is 2.26. The third-order valence-electron chi connectivity index (χ3n) is 4.18. The van der Waals surface area contributed by atoms with E-state index in [1.54, 1.807) is 0 Å². The summed E-state index contributed by atoms with van der Waals surface area (Å²) in [4.78, 5) is 17.0. The number of amides is 1. The van der Waals surface area contributed by atoms with Gasteiger partial charge in [-0.25, -0.2) is 0 Å². The number of rotatable bonds is 6. The number of hydrogen-bond donors (Lipinski definition) is 1. The van der Waals surface area contributed by atoms with Crippen LogP contribution in [0.15, 0.2) is 30.3 Å². The Morgan fingerprint density at radius 1 is 1.19 bits per heavy atom. The molecular formula is C17H27N3O. The maximum atomic E-state index is 12.6. The minimum Gasteiger partial charge on any atom is -0.340 e. The predicted molar refractivity (Wildman–Crippen MR) is 86.0 cm³/mol. The van der Waals surface area contributed by atoms with E-state index in [2.05, 4.69) is 24.0 Å². The van der Waals surface area contributed by atoms with Crippen LogP contribution in [0.4, 0.5) is 0 Å². The fraction of sp³-hybridized carbons (Fsp3) is 0.588. The lowest BCUT2D eigenvalue weighted by Gasteiger charge is -2.36. The molecule has 1 fully saturated rings. The van der Waals surface area contributed by atoms with Gasteiger partial charge in [-0.2, -0.15) is 0 Å². The molecule has 1 amide bonds. The number of benzene rings is 1. The average Bonchev–Trinajstić information content (AvgIpc) is 2.54. The van der Waals surface area contributed by atoms with E-state index >= 15 is 0 Å². The van der Waals surface area contributed by atoms with Crippen molar-refractivity contribution in [2.75, 3.05) is 39.3 Å². The average molecular weight is 289 g/mol. The Morgan fingerprint density at radius 2 is 1.86 bits per heavy atom. The van der Waals surface area contributed by atoms with E-state index in [4.69, 9.17) is 5.73 Å². The third kappa shape index (κ3) is 4.55. The molecule has 1 aliphatic heterocycles. The molecule has 0 spiro atoms. The van der Waals surface area contributed by atoms with Gasteiger partial charge < -0.3 is 10.6 Å². The zero-order chi connectivity index (χ0) is 15.1. The lowest BCUT2D eigenvalue weighted by Crippen LogP contribution is -2.51. The molecule has 1 heterocycles. The fourth-order valence-electron chi connectivity index (χ4n) is 2.94. The standard InChI is InChI=1S/C17H27N3O/c1-2-8-19-9-11-20(12-10-19)17(21)16(14-18)13-15-6-4-3-5-7-15/h3-7,16H,2,8-14,18H2,1H3. The molecule has 21 heavy (non-hydrogen) atoms. The first-order valence-corrected chi connectivity index (χ1v) is 7.99. The second kappa shape index (κ2) is 8.15. The molecule has 0 bridgehead atoms. The minimum atomic E-state index is -0.0925. The van der Waals surface area contributed by atoms with E-state index in [1.807, 2.05) is 23.1 Å². The van der Waals surface area contributed by atoms with E-state index in [-0.39, 0.29) is 11.8 Å². The SMILES string of the molecule is CCCN1CCN(C(=O)C(CN)Cc2ccccc2)CC1. The van der Waals surface area contributed by atoms with Gasteiger partial charge >= 0.3 is 0 Å². The summed E-state index contributed by atoms with van der Waals surface area (Å²) in [5.74, 6) is 0.127. The molecule has 0 saturated carbocycles. The summed E-state index contributed by atoms with van der Waals surface area (Å²) in [5.41, 5.74) is 7.03. The van der Waals surface area contributed by atoms with Crippen molar-refractivity contribution in [3.63, 3.8) is 0 Å². The number of carbonyl (C=O) groups excluding carboxylic acids is 1. The van der Waals surface area contributed by atoms with Gasteiger partial charge in [-0.05, 0) is 24.9 Å². The summed E-state index contributed by atoms with van der Waals surface area (Å²) in [6.07, 6.45) is 1.92. The van der Waals surface area contributed by atoms with Crippen LogP contribution in [0.1, 0.15) is 18.9 Å². The van der Waals surface area contributed by atoms with Gasteiger partial charge in [0.15, 0.2) is 0 Å². The molecule has 2 rings (SSSR count). The number of piperazine rings is 1. The fourth-order valence-corrected chi connectivity index (χ4v) is 2.94. The molecule has 2 N–H and O–H groups in total. The van der Waals surface area contributed by atoms with Crippen molar-refractivity contribution in [3.05, 3.63) is 35.9 Å². The summed E-state index contributed by atoms with van der Waals surface area (Å²) in [5, 5.41) is 0. The number of hydrogen-bond acceptors (Lipinski definition) is 3. The Kier molecular flexibility index (Phi) is 6.21. The van der Waals surface area contributed by atoms with E-state index in [0.717, 1.165) is 39.1 Å². The summed E-state index contributed by atoms with van der Waals surface area (Å²) in [7, 11) is 0. The smallest absolute Gasteiger partial charge is 0.227 e. The Bertz CT molecular complexity index is 427. The largest absolute Gasteiger partial charge is 0.340 e. The van der Waals surface area contributed by atoms with Gasteiger partial charge in [0, 0.05) is 32.7 Å². The third-order valence-corrected chi connectivity index (χ3v) is 4.18. The van der Waals surface area contributed by atoms with E-state index in [9.17, 15) is 4.79 Å². The summed E-state index contributed by atoms with van der Waals surface area (Å²) < 4.78 is 0. The highest BCUT2D eigenvalue weighted by atomic mass is 16.2. The first-order valence-electron chi connectivity index (χ1n) is 7.99. The van der Waals surface area contributed by atoms with Gasteiger partial charge in [0.2, 0.25) is 5.91 Å². The normalized spacial score (nSPS) is 17.7. The van der Waals surface area contributed by atoms with Crippen LogP contribution in [0.3, 0.4) is 0 Å². The molecule has 0 aromatic heterocycles. The van der Waals surface area contributed by atoms with Crippen molar-refractivity contribution < 1.29 is 4.79 Å². The van der Waals surface area contributed by atoms with Crippen molar-refractivity contribution in [1.29, 1.82) is 0 Å².